The van der Waals surface area contributed by atoms with Gasteiger partial charge in [-0.25, -0.2) is 4.39 Å². The molecule has 0 spiro atoms. The van der Waals surface area contributed by atoms with Gasteiger partial charge < -0.3 is 15.2 Å². The van der Waals surface area contributed by atoms with Crippen molar-refractivity contribution in [2.24, 2.45) is 4.99 Å². The van der Waals surface area contributed by atoms with Crippen LogP contribution in [-0.2, 0) is 12.0 Å². The van der Waals surface area contributed by atoms with Crippen molar-refractivity contribution in [2.45, 2.75) is 25.8 Å². The number of guanidine groups is 1. The minimum Gasteiger partial charge on any atom is -0.356 e. The fourth-order valence-corrected chi connectivity index (χ4v) is 2.36. The predicted molar refractivity (Wildman–Crippen MR) is 109 cm³/mol. The van der Waals surface area contributed by atoms with Crippen LogP contribution in [0.25, 0.3) is 0 Å². The number of hydrogen-bond donors (Lipinski definition) is 2. The second kappa shape index (κ2) is 9.66. The van der Waals surface area contributed by atoms with Gasteiger partial charge in [-0.15, -0.1) is 24.0 Å². The molecule has 0 amide bonds. The maximum absolute atomic E-state index is 13.4. The van der Waals surface area contributed by atoms with Crippen molar-refractivity contribution >= 4 is 29.9 Å². The molecule has 0 atom stereocenters. The van der Waals surface area contributed by atoms with Gasteiger partial charge in [0, 0.05) is 44.5 Å². The molecule has 0 aliphatic rings. The Morgan fingerprint density at radius 2 is 1.88 bits per heavy atom. The number of benzene rings is 1. The van der Waals surface area contributed by atoms with Crippen LogP contribution < -0.4 is 10.6 Å². The minimum absolute atomic E-state index is 0. The number of aliphatic imine (C=N–C) groups is 1. The molecule has 132 valence electrons. The number of aromatic nitrogens is 1. The fourth-order valence-electron chi connectivity index (χ4n) is 2.36. The molecular formula is C18H26FIN4. The molecule has 0 bridgehead atoms. The van der Waals surface area contributed by atoms with Crippen LogP contribution in [0.4, 0.5) is 4.39 Å². The van der Waals surface area contributed by atoms with Crippen molar-refractivity contribution in [3.63, 3.8) is 0 Å². The van der Waals surface area contributed by atoms with Crippen LogP contribution in [-0.4, -0.2) is 30.7 Å². The Morgan fingerprint density at radius 1 is 1.17 bits per heavy atom. The highest BCUT2D eigenvalue weighted by atomic mass is 127. The summed E-state index contributed by atoms with van der Waals surface area (Å²) < 4.78 is 15.5. The maximum Gasteiger partial charge on any atom is 0.191 e. The average Bonchev–Trinajstić information content (AvgIpc) is 3.04. The Balaban J connectivity index is 0.00000288. The van der Waals surface area contributed by atoms with Crippen LogP contribution in [0.1, 0.15) is 19.4 Å². The Labute approximate surface area is 160 Å². The zero-order valence-electron chi connectivity index (χ0n) is 14.4. The van der Waals surface area contributed by atoms with Crippen LogP contribution in [0.3, 0.4) is 0 Å². The second-order valence-corrected chi connectivity index (χ2v) is 6.17. The molecule has 2 N–H and O–H groups in total. The van der Waals surface area contributed by atoms with Gasteiger partial charge in [0.2, 0.25) is 0 Å². The lowest BCUT2D eigenvalue weighted by Crippen LogP contribution is -2.44. The van der Waals surface area contributed by atoms with Crippen molar-refractivity contribution in [1.82, 2.24) is 15.2 Å². The lowest BCUT2D eigenvalue weighted by Gasteiger charge is -2.27. The Kier molecular flexibility index (Phi) is 8.24. The van der Waals surface area contributed by atoms with Crippen molar-refractivity contribution in [3.05, 3.63) is 60.2 Å². The molecular weight excluding hydrogens is 418 g/mol. The molecule has 0 unspecified atom stereocenters. The summed E-state index contributed by atoms with van der Waals surface area (Å²) in [4.78, 5) is 4.23. The summed E-state index contributed by atoms with van der Waals surface area (Å²) in [6, 6.07) is 10.8. The Morgan fingerprint density at radius 3 is 2.50 bits per heavy atom. The van der Waals surface area contributed by atoms with Gasteiger partial charge in [-0.05, 0) is 29.8 Å². The van der Waals surface area contributed by atoms with Gasteiger partial charge in [-0.3, -0.25) is 4.99 Å². The van der Waals surface area contributed by atoms with Crippen LogP contribution in [0.15, 0.2) is 53.8 Å². The van der Waals surface area contributed by atoms with E-state index in [9.17, 15) is 4.39 Å². The highest BCUT2D eigenvalue weighted by molar-refractivity contribution is 14.0. The maximum atomic E-state index is 13.4. The van der Waals surface area contributed by atoms with Crippen molar-refractivity contribution in [3.8, 4) is 0 Å². The van der Waals surface area contributed by atoms with Crippen LogP contribution in [0.5, 0.6) is 0 Å². The number of hydrogen-bond acceptors (Lipinski definition) is 1. The quantitative estimate of drug-likeness (QED) is 0.408. The van der Waals surface area contributed by atoms with E-state index in [1.54, 1.807) is 19.2 Å². The van der Waals surface area contributed by atoms with E-state index in [4.69, 9.17) is 0 Å². The first-order chi connectivity index (χ1) is 11.0. The van der Waals surface area contributed by atoms with Crippen molar-refractivity contribution in [1.29, 1.82) is 0 Å². The zero-order chi connectivity index (χ0) is 16.7. The molecule has 1 aromatic heterocycles. The van der Waals surface area contributed by atoms with Gasteiger partial charge >= 0.3 is 0 Å². The van der Waals surface area contributed by atoms with E-state index in [1.165, 1.54) is 6.07 Å². The van der Waals surface area contributed by atoms with E-state index in [0.29, 0.717) is 6.54 Å². The van der Waals surface area contributed by atoms with Crippen LogP contribution in [0.2, 0.25) is 0 Å². The van der Waals surface area contributed by atoms with Crippen LogP contribution >= 0.6 is 24.0 Å². The molecule has 2 rings (SSSR count). The van der Waals surface area contributed by atoms with Gasteiger partial charge in [0.1, 0.15) is 5.82 Å². The second-order valence-electron chi connectivity index (χ2n) is 6.17. The van der Waals surface area contributed by atoms with Crippen molar-refractivity contribution in [2.75, 3.05) is 20.1 Å². The van der Waals surface area contributed by atoms with Crippen LogP contribution in [0, 0.1) is 5.82 Å². The summed E-state index contributed by atoms with van der Waals surface area (Å²) in [6.07, 6.45) is 4.07. The highest BCUT2D eigenvalue weighted by Crippen LogP contribution is 2.22. The molecule has 0 radical (unpaired) electrons. The van der Waals surface area contributed by atoms with E-state index < -0.39 is 0 Å². The average molecular weight is 444 g/mol. The number of nitrogens with zero attached hydrogens (tertiary/aromatic N) is 2. The van der Waals surface area contributed by atoms with Gasteiger partial charge in [0.05, 0.1) is 0 Å². The van der Waals surface area contributed by atoms with E-state index in [2.05, 4.69) is 34.0 Å². The van der Waals surface area contributed by atoms with Gasteiger partial charge in [0.15, 0.2) is 5.96 Å². The number of halogens is 2. The van der Waals surface area contributed by atoms with Gasteiger partial charge in [0.25, 0.3) is 0 Å². The number of rotatable bonds is 6. The molecule has 0 fully saturated rings. The Hall–Kier alpha value is -1.57. The predicted octanol–water partition coefficient (Wildman–Crippen LogP) is 3.39. The summed E-state index contributed by atoms with van der Waals surface area (Å²) in [5, 5.41) is 6.60. The summed E-state index contributed by atoms with van der Waals surface area (Å²) in [7, 11) is 1.75. The Bertz CT molecular complexity index is 638. The molecule has 0 aliphatic carbocycles. The minimum atomic E-state index is -0.204. The fraction of sp³-hybridized carbons (Fsp3) is 0.389. The summed E-state index contributed by atoms with van der Waals surface area (Å²) in [5.74, 6) is 0.548. The monoisotopic (exact) mass is 444 g/mol. The molecule has 1 heterocycles. The smallest absolute Gasteiger partial charge is 0.191 e. The third-order valence-electron chi connectivity index (χ3n) is 3.86. The summed E-state index contributed by atoms with van der Waals surface area (Å²) >= 11 is 0. The van der Waals surface area contributed by atoms with Gasteiger partial charge in [-0.2, -0.15) is 0 Å². The number of nitrogens with one attached hydrogen (secondary N) is 2. The topological polar surface area (TPSA) is 41.4 Å². The molecule has 24 heavy (non-hydrogen) atoms. The third kappa shape index (κ3) is 6.14. The van der Waals surface area contributed by atoms with Gasteiger partial charge in [-0.1, -0.05) is 26.0 Å². The SMILES string of the molecule is CN=C(NCCn1cccc1)NCC(C)(C)c1cccc(F)c1.I. The zero-order valence-corrected chi connectivity index (χ0v) is 16.8. The van der Waals surface area contributed by atoms with E-state index >= 15 is 0 Å². The molecule has 0 saturated carbocycles. The standard InChI is InChI=1S/C18H25FN4.HI/c1-18(2,15-7-6-8-16(19)13-15)14-22-17(20-3)21-9-12-23-10-4-5-11-23;/h4-8,10-11,13H,9,12,14H2,1-3H3,(H2,20,21,22);1H. The lowest BCUT2D eigenvalue weighted by atomic mass is 9.84. The molecule has 2 aromatic rings. The molecule has 4 nitrogen and oxygen atoms in total. The lowest BCUT2D eigenvalue weighted by molar-refractivity contribution is 0.502. The summed E-state index contributed by atoms with van der Waals surface area (Å²) in [6.45, 7) is 6.50. The van der Waals surface area contributed by atoms with E-state index in [1.807, 2.05) is 30.6 Å². The normalized spacial score (nSPS) is 11.8. The first-order valence-corrected chi connectivity index (χ1v) is 7.82. The van der Waals surface area contributed by atoms with E-state index in [-0.39, 0.29) is 35.2 Å². The van der Waals surface area contributed by atoms with E-state index in [0.717, 1.165) is 24.6 Å². The summed E-state index contributed by atoms with van der Waals surface area (Å²) in [5.41, 5.74) is 0.771. The molecule has 0 aliphatic heterocycles. The van der Waals surface area contributed by atoms with Crippen molar-refractivity contribution < 1.29 is 4.39 Å². The highest BCUT2D eigenvalue weighted by Gasteiger charge is 2.21. The first kappa shape index (κ1) is 20.5. The molecule has 0 saturated heterocycles. The molecule has 6 heteroatoms. The third-order valence-corrected chi connectivity index (χ3v) is 3.86. The largest absolute Gasteiger partial charge is 0.356 e. The first-order valence-electron chi connectivity index (χ1n) is 7.82. The molecule has 1 aromatic carbocycles.